The molecule has 1 aromatic carbocycles. The molecular formula is C16H22ClNO3. The predicted octanol–water partition coefficient (Wildman–Crippen LogP) is 3.08. The second-order valence-corrected chi connectivity index (χ2v) is 6.19. The summed E-state index contributed by atoms with van der Waals surface area (Å²) in [5.41, 5.74) is 6.61. The number of halogens is 1. The van der Waals surface area contributed by atoms with Crippen LogP contribution >= 0.6 is 11.6 Å². The lowest BCUT2D eigenvalue weighted by molar-refractivity contribution is -0.154. The summed E-state index contributed by atoms with van der Waals surface area (Å²) < 4.78 is 11.4. The molecule has 4 nitrogen and oxygen atoms in total. The number of esters is 1. The van der Waals surface area contributed by atoms with E-state index >= 15 is 0 Å². The highest BCUT2D eigenvalue weighted by molar-refractivity contribution is 6.32. The highest BCUT2D eigenvalue weighted by Crippen LogP contribution is 2.38. The molecule has 0 heterocycles. The molecule has 0 aromatic heterocycles. The highest BCUT2D eigenvalue weighted by atomic mass is 35.5. The van der Waals surface area contributed by atoms with Crippen molar-refractivity contribution in [3.05, 3.63) is 28.8 Å². The Hall–Kier alpha value is -1.26. The minimum Gasteiger partial charge on any atom is -0.485 e. The zero-order chi connectivity index (χ0) is 15.6. The third-order valence-corrected chi connectivity index (χ3v) is 3.87. The molecule has 0 saturated heterocycles. The van der Waals surface area contributed by atoms with Crippen molar-refractivity contribution in [2.24, 2.45) is 11.7 Å². The molecule has 1 aliphatic carbocycles. The normalized spacial score (nSPS) is 18.7. The molecule has 1 aliphatic rings. The zero-order valence-electron chi connectivity index (χ0n) is 12.6. The largest absolute Gasteiger partial charge is 0.485 e. The van der Waals surface area contributed by atoms with E-state index in [1.807, 2.05) is 32.0 Å². The number of aryl methyl sites for hydroxylation is 1. The van der Waals surface area contributed by atoms with Crippen LogP contribution < -0.4 is 10.5 Å². The monoisotopic (exact) mass is 311 g/mol. The van der Waals surface area contributed by atoms with Crippen molar-refractivity contribution in [3.63, 3.8) is 0 Å². The minimum atomic E-state index is -0.629. The Bertz CT molecular complexity index is 514. The summed E-state index contributed by atoms with van der Waals surface area (Å²) in [6, 6.07) is 5.03. The van der Waals surface area contributed by atoms with Crippen LogP contribution in [0.1, 0.15) is 32.3 Å². The SMILES string of the molecule is Cc1ccc(O[C@H](C2CC2)[C@H](C)OC(=O)[C@H](C)N)c(Cl)c1. The number of benzene rings is 1. The maximum Gasteiger partial charge on any atom is 0.323 e. The maximum atomic E-state index is 11.6. The molecule has 1 saturated carbocycles. The molecule has 0 unspecified atom stereocenters. The van der Waals surface area contributed by atoms with E-state index in [0.29, 0.717) is 16.7 Å². The molecular weight excluding hydrogens is 290 g/mol. The van der Waals surface area contributed by atoms with E-state index in [1.165, 1.54) is 0 Å². The molecule has 0 aliphatic heterocycles. The fraction of sp³-hybridized carbons (Fsp3) is 0.562. The molecule has 21 heavy (non-hydrogen) atoms. The second kappa shape index (κ2) is 6.67. The number of rotatable bonds is 6. The molecule has 5 heteroatoms. The van der Waals surface area contributed by atoms with Crippen LogP contribution in [-0.4, -0.2) is 24.2 Å². The predicted molar refractivity (Wildman–Crippen MR) is 82.5 cm³/mol. The van der Waals surface area contributed by atoms with Crippen molar-refractivity contribution in [1.29, 1.82) is 0 Å². The zero-order valence-corrected chi connectivity index (χ0v) is 13.4. The van der Waals surface area contributed by atoms with E-state index in [-0.39, 0.29) is 12.2 Å². The number of hydrogen-bond acceptors (Lipinski definition) is 4. The van der Waals surface area contributed by atoms with Crippen LogP contribution in [-0.2, 0) is 9.53 Å². The summed E-state index contributed by atoms with van der Waals surface area (Å²) in [6.07, 6.45) is 1.61. The molecule has 0 bridgehead atoms. The molecule has 0 spiro atoms. The number of ether oxygens (including phenoxy) is 2. The molecule has 1 fully saturated rings. The first-order chi connectivity index (χ1) is 9.88. The lowest BCUT2D eigenvalue weighted by atomic mass is 10.1. The minimum absolute atomic E-state index is 0.187. The summed E-state index contributed by atoms with van der Waals surface area (Å²) in [5.74, 6) is 0.618. The third-order valence-electron chi connectivity index (χ3n) is 3.57. The quantitative estimate of drug-likeness (QED) is 0.820. The number of nitrogens with two attached hydrogens (primary N) is 1. The van der Waals surface area contributed by atoms with Gasteiger partial charge in [0.15, 0.2) is 0 Å². The van der Waals surface area contributed by atoms with Crippen LogP contribution in [0.5, 0.6) is 5.75 Å². The third kappa shape index (κ3) is 4.35. The van der Waals surface area contributed by atoms with Gasteiger partial charge in [0.2, 0.25) is 0 Å². The molecule has 3 atom stereocenters. The van der Waals surface area contributed by atoms with Gasteiger partial charge in [0, 0.05) is 0 Å². The lowest BCUT2D eigenvalue weighted by Gasteiger charge is -2.26. The molecule has 116 valence electrons. The van der Waals surface area contributed by atoms with E-state index < -0.39 is 12.0 Å². The van der Waals surface area contributed by atoms with Crippen molar-refractivity contribution in [1.82, 2.24) is 0 Å². The van der Waals surface area contributed by atoms with Crippen molar-refractivity contribution in [2.75, 3.05) is 0 Å². The topological polar surface area (TPSA) is 61.5 Å². The van der Waals surface area contributed by atoms with Crippen LogP contribution in [0.3, 0.4) is 0 Å². The van der Waals surface area contributed by atoms with Crippen LogP contribution in [0.15, 0.2) is 18.2 Å². The standard InChI is InChI=1S/C16H22ClNO3/c1-9-4-7-14(13(17)8-9)21-15(12-5-6-12)11(3)20-16(19)10(2)18/h4,7-8,10-12,15H,5-6,18H2,1-3H3/t10-,11-,15-/m0/s1. The van der Waals surface area contributed by atoms with E-state index in [9.17, 15) is 4.79 Å². The molecule has 0 amide bonds. The Balaban J connectivity index is 2.07. The van der Waals surface area contributed by atoms with Gasteiger partial charge in [0.25, 0.3) is 0 Å². The first-order valence-electron chi connectivity index (χ1n) is 7.27. The van der Waals surface area contributed by atoms with E-state index in [4.69, 9.17) is 26.8 Å². The molecule has 2 N–H and O–H groups in total. The summed E-state index contributed by atoms with van der Waals surface area (Å²) in [5, 5.41) is 0.575. The fourth-order valence-corrected chi connectivity index (χ4v) is 2.49. The van der Waals surface area contributed by atoms with Gasteiger partial charge < -0.3 is 15.2 Å². The van der Waals surface area contributed by atoms with Crippen molar-refractivity contribution in [2.45, 2.75) is 51.9 Å². The maximum absolute atomic E-state index is 11.6. The first kappa shape index (κ1) is 16.1. The van der Waals surface area contributed by atoms with Gasteiger partial charge in [-0.1, -0.05) is 17.7 Å². The van der Waals surface area contributed by atoms with E-state index in [2.05, 4.69) is 0 Å². The van der Waals surface area contributed by atoms with Crippen LogP contribution in [0.2, 0.25) is 5.02 Å². The fourth-order valence-electron chi connectivity index (χ4n) is 2.21. The van der Waals surface area contributed by atoms with E-state index in [1.54, 1.807) is 6.92 Å². The van der Waals surface area contributed by atoms with Crippen molar-refractivity contribution in [3.8, 4) is 5.75 Å². The summed E-state index contributed by atoms with van der Waals surface area (Å²) in [6.45, 7) is 5.42. The molecule has 1 aromatic rings. The number of carbonyl (C=O) groups excluding carboxylic acids is 1. The Labute approximate surface area is 130 Å². The van der Waals surface area contributed by atoms with Crippen LogP contribution in [0.4, 0.5) is 0 Å². The Morgan fingerprint density at radius 2 is 2.05 bits per heavy atom. The second-order valence-electron chi connectivity index (χ2n) is 5.78. The summed E-state index contributed by atoms with van der Waals surface area (Å²) in [7, 11) is 0. The van der Waals surface area contributed by atoms with Gasteiger partial charge in [-0.15, -0.1) is 0 Å². The van der Waals surface area contributed by atoms with Gasteiger partial charge in [-0.2, -0.15) is 0 Å². The van der Waals surface area contributed by atoms with Gasteiger partial charge >= 0.3 is 5.97 Å². The van der Waals surface area contributed by atoms with Gasteiger partial charge in [-0.25, -0.2) is 0 Å². The summed E-state index contributed by atoms with van der Waals surface area (Å²) >= 11 is 6.21. The smallest absolute Gasteiger partial charge is 0.323 e. The Kier molecular flexibility index (Phi) is 5.12. The highest BCUT2D eigenvalue weighted by Gasteiger charge is 2.39. The van der Waals surface area contributed by atoms with Crippen molar-refractivity contribution >= 4 is 17.6 Å². The lowest BCUT2D eigenvalue weighted by Crippen LogP contribution is -2.39. The number of carbonyl (C=O) groups is 1. The van der Waals surface area contributed by atoms with Gasteiger partial charge in [0.05, 0.1) is 5.02 Å². The van der Waals surface area contributed by atoms with Crippen LogP contribution in [0, 0.1) is 12.8 Å². The average Bonchev–Trinajstić information content (AvgIpc) is 3.21. The molecule has 2 rings (SSSR count). The number of hydrogen-bond donors (Lipinski definition) is 1. The van der Waals surface area contributed by atoms with Gasteiger partial charge in [0.1, 0.15) is 24.0 Å². The van der Waals surface area contributed by atoms with E-state index in [0.717, 1.165) is 18.4 Å². The Morgan fingerprint density at radius 1 is 1.38 bits per heavy atom. The van der Waals surface area contributed by atoms with Gasteiger partial charge in [-0.3, -0.25) is 4.79 Å². The average molecular weight is 312 g/mol. The first-order valence-corrected chi connectivity index (χ1v) is 7.65. The Morgan fingerprint density at radius 3 is 2.57 bits per heavy atom. The van der Waals surface area contributed by atoms with Gasteiger partial charge in [-0.05, 0) is 57.2 Å². The molecule has 0 radical (unpaired) electrons. The van der Waals surface area contributed by atoms with Crippen LogP contribution in [0.25, 0.3) is 0 Å². The van der Waals surface area contributed by atoms with Crippen molar-refractivity contribution < 1.29 is 14.3 Å². The summed E-state index contributed by atoms with van der Waals surface area (Å²) in [4.78, 5) is 11.6.